The molecule has 1 amide bonds. The average Bonchev–Trinajstić information content (AvgIpc) is 3.00. The summed E-state index contributed by atoms with van der Waals surface area (Å²) in [6, 6.07) is 10.8. The fourth-order valence-electron chi connectivity index (χ4n) is 2.96. The van der Waals surface area contributed by atoms with E-state index < -0.39 is 21.6 Å². The number of sulfonamides is 1. The molecule has 1 aliphatic heterocycles. The van der Waals surface area contributed by atoms with E-state index in [0.717, 1.165) is 11.3 Å². The van der Waals surface area contributed by atoms with Crippen LogP contribution in [0, 0.1) is 5.82 Å². The van der Waals surface area contributed by atoms with Gasteiger partial charge in [-0.25, -0.2) is 12.8 Å². The van der Waals surface area contributed by atoms with Crippen molar-refractivity contribution >= 4 is 27.3 Å². The maximum Gasteiger partial charge on any atom is 0.252 e. The molecule has 3 rings (SSSR count). The molecule has 0 saturated carbocycles. The van der Waals surface area contributed by atoms with E-state index >= 15 is 0 Å². The largest absolute Gasteiger partial charge is 0.375 e. The number of carbonyl (C=O) groups is 1. The zero-order valence-electron chi connectivity index (χ0n) is 14.2. The SMILES string of the molecule is COCC(=O)N1CCc2cc(NS(=O)(=O)Cc3ccccc3F)ccc21. The number of carbonyl (C=O) groups excluding carboxylic acids is 1. The Bertz CT molecular complexity index is 931. The molecule has 0 saturated heterocycles. The van der Waals surface area contributed by atoms with Gasteiger partial charge in [0.1, 0.15) is 12.4 Å². The Kier molecular flexibility index (Phi) is 5.24. The lowest BCUT2D eigenvalue weighted by atomic mass is 10.1. The zero-order chi connectivity index (χ0) is 18.7. The van der Waals surface area contributed by atoms with Crippen molar-refractivity contribution in [2.45, 2.75) is 12.2 Å². The highest BCUT2D eigenvalue weighted by molar-refractivity contribution is 7.91. The molecule has 1 aliphatic rings. The van der Waals surface area contributed by atoms with Gasteiger partial charge in [-0.2, -0.15) is 0 Å². The van der Waals surface area contributed by atoms with Crippen molar-refractivity contribution in [3.05, 3.63) is 59.4 Å². The molecule has 0 radical (unpaired) electrons. The molecule has 6 nitrogen and oxygen atoms in total. The fourth-order valence-corrected chi connectivity index (χ4v) is 4.16. The first-order chi connectivity index (χ1) is 12.4. The van der Waals surface area contributed by atoms with Crippen LogP contribution in [0.25, 0.3) is 0 Å². The topological polar surface area (TPSA) is 75.7 Å². The summed E-state index contributed by atoms with van der Waals surface area (Å²) in [5.74, 6) is -1.15. The van der Waals surface area contributed by atoms with Crippen molar-refractivity contribution in [1.82, 2.24) is 0 Å². The van der Waals surface area contributed by atoms with E-state index in [0.29, 0.717) is 18.7 Å². The third-order valence-corrected chi connectivity index (χ3v) is 5.36. The van der Waals surface area contributed by atoms with E-state index in [1.165, 1.54) is 25.3 Å². The molecule has 0 spiro atoms. The number of amides is 1. The predicted octanol–water partition coefficient (Wildman–Crippen LogP) is 2.30. The number of fused-ring (bicyclic) bond motifs is 1. The Morgan fingerprint density at radius 3 is 2.77 bits per heavy atom. The maximum atomic E-state index is 13.7. The van der Waals surface area contributed by atoms with E-state index in [1.54, 1.807) is 29.2 Å². The summed E-state index contributed by atoms with van der Waals surface area (Å²) in [4.78, 5) is 13.6. The summed E-state index contributed by atoms with van der Waals surface area (Å²) in [6.45, 7) is 0.527. The number of anilines is 2. The van der Waals surface area contributed by atoms with Crippen molar-refractivity contribution < 1.29 is 22.3 Å². The molecule has 0 atom stereocenters. The van der Waals surface area contributed by atoms with Crippen LogP contribution in [0.15, 0.2) is 42.5 Å². The van der Waals surface area contributed by atoms with Crippen LogP contribution in [-0.2, 0) is 31.7 Å². The summed E-state index contributed by atoms with van der Waals surface area (Å²) in [5, 5.41) is 0. The van der Waals surface area contributed by atoms with Gasteiger partial charge in [-0.05, 0) is 36.2 Å². The van der Waals surface area contributed by atoms with Gasteiger partial charge in [-0.15, -0.1) is 0 Å². The molecule has 26 heavy (non-hydrogen) atoms. The van der Waals surface area contributed by atoms with E-state index in [1.807, 2.05) is 0 Å². The molecule has 0 unspecified atom stereocenters. The summed E-state index contributed by atoms with van der Waals surface area (Å²) >= 11 is 0. The second-order valence-electron chi connectivity index (χ2n) is 6.02. The average molecular weight is 378 g/mol. The predicted molar refractivity (Wildman–Crippen MR) is 97.0 cm³/mol. The van der Waals surface area contributed by atoms with Gasteiger partial charge < -0.3 is 9.64 Å². The number of methoxy groups -OCH3 is 1. The number of ether oxygens (including phenoxy) is 1. The summed E-state index contributed by atoms with van der Waals surface area (Å²) in [5.41, 5.74) is 2.13. The quantitative estimate of drug-likeness (QED) is 0.837. The first-order valence-corrected chi connectivity index (χ1v) is 9.71. The van der Waals surface area contributed by atoms with Crippen LogP contribution in [0.3, 0.4) is 0 Å². The van der Waals surface area contributed by atoms with Gasteiger partial charge in [0.2, 0.25) is 10.0 Å². The summed E-state index contributed by atoms with van der Waals surface area (Å²) in [7, 11) is -2.30. The van der Waals surface area contributed by atoms with Crippen LogP contribution in [0.2, 0.25) is 0 Å². The Hall–Kier alpha value is -2.45. The second kappa shape index (κ2) is 7.43. The number of hydrogen-bond donors (Lipinski definition) is 1. The Labute approximate surface area is 151 Å². The number of nitrogens with zero attached hydrogens (tertiary/aromatic N) is 1. The van der Waals surface area contributed by atoms with Crippen molar-refractivity contribution in [3.63, 3.8) is 0 Å². The van der Waals surface area contributed by atoms with E-state index in [9.17, 15) is 17.6 Å². The summed E-state index contributed by atoms with van der Waals surface area (Å²) < 4.78 is 45.7. The van der Waals surface area contributed by atoms with Crippen molar-refractivity contribution in [2.75, 3.05) is 29.9 Å². The van der Waals surface area contributed by atoms with Crippen LogP contribution in [-0.4, -0.2) is 34.6 Å². The molecular formula is C18H19FN2O4S. The lowest BCUT2D eigenvalue weighted by Crippen LogP contribution is -2.31. The molecule has 2 aromatic rings. The molecule has 1 heterocycles. The molecule has 0 aromatic heterocycles. The van der Waals surface area contributed by atoms with E-state index in [-0.39, 0.29) is 18.1 Å². The third kappa shape index (κ3) is 4.03. The molecule has 8 heteroatoms. The zero-order valence-corrected chi connectivity index (χ0v) is 15.1. The molecule has 0 bridgehead atoms. The number of halogens is 1. The van der Waals surface area contributed by atoms with Crippen LogP contribution in [0.5, 0.6) is 0 Å². The monoisotopic (exact) mass is 378 g/mol. The summed E-state index contributed by atoms with van der Waals surface area (Å²) in [6.07, 6.45) is 0.633. The minimum atomic E-state index is -3.76. The number of nitrogens with one attached hydrogen (secondary N) is 1. The first kappa shape index (κ1) is 18.3. The maximum absolute atomic E-state index is 13.7. The number of hydrogen-bond acceptors (Lipinski definition) is 4. The second-order valence-corrected chi connectivity index (χ2v) is 7.75. The molecular weight excluding hydrogens is 359 g/mol. The van der Waals surface area contributed by atoms with E-state index in [2.05, 4.69) is 4.72 Å². The first-order valence-electron chi connectivity index (χ1n) is 8.06. The Morgan fingerprint density at radius 1 is 1.27 bits per heavy atom. The highest BCUT2D eigenvalue weighted by Crippen LogP contribution is 2.31. The lowest BCUT2D eigenvalue weighted by molar-refractivity contribution is -0.122. The van der Waals surface area contributed by atoms with Gasteiger partial charge in [0, 0.05) is 30.6 Å². The number of benzene rings is 2. The van der Waals surface area contributed by atoms with Gasteiger partial charge in [0.25, 0.3) is 5.91 Å². The molecule has 2 aromatic carbocycles. The minimum Gasteiger partial charge on any atom is -0.375 e. The Morgan fingerprint density at radius 2 is 2.04 bits per heavy atom. The van der Waals surface area contributed by atoms with E-state index in [4.69, 9.17) is 4.74 Å². The Balaban J connectivity index is 1.75. The van der Waals surface area contributed by atoms with Crippen molar-refractivity contribution in [3.8, 4) is 0 Å². The molecule has 0 aliphatic carbocycles. The van der Waals surface area contributed by atoms with Crippen LogP contribution in [0.1, 0.15) is 11.1 Å². The highest BCUT2D eigenvalue weighted by Gasteiger charge is 2.25. The van der Waals surface area contributed by atoms with Gasteiger partial charge in [0.15, 0.2) is 0 Å². The number of rotatable bonds is 6. The standard InChI is InChI=1S/C18H19FN2O4S/c1-25-11-18(22)21-9-8-13-10-15(6-7-17(13)21)20-26(23,24)12-14-4-2-3-5-16(14)19/h2-7,10,20H,8-9,11-12H2,1H3. The van der Waals surface area contributed by atoms with Crippen LogP contribution < -0.4 is 9.62 Å². The van der Waals surface area contributed by atoms with Gasteiger partial charge in [-0.3, -0.25) is 9.52 Å². The van der Waals surface area contributed by atoms with Crippen LogP contribution >= 0.6 is 0 Å². The molecule has 1 N–H and O–H groups in total. The minimum absolute atomic E-state index is 0.00351. The normalized spacial score (nSPS) is 13.5. The smallest absolute Gasteiger partial charge is 0.252 e. The van der Waals surface area contributed by atoms with Gasteiger partial charge >= 0.3 is 0 Å². The van der Waals surface area contributed by atoms with Crippen molar-refractivity contribution in [2.24, 2.45) is 0 Å². The van der Waals surface area contributed by atoms with Gasteiger partial charge in [-0.1, -0.05) is 18.2 Å². The highest BCUT2D eigenvalue weighted by atomic mass is 32.2. The fraction of sp³-hybridized carbons (Fsp3) is 0.278. The molecule has 0 fully saturated rings. The van der Waals surface area contributed by atoms with Crippen LogP contribution in [0.4, 0.5) is 15.8 Å². The lowest BCUT2D eigenvalue weighted by Gasteiger charge is -2.17. The van der Waals surface area contributed by atoms with Crippen molar-refractivity contribution in [1.29, 1.82) is 0 Å². The molecule has 138 valence electrons. The van der Waals surface area contributed by atoms with Gasteiger partial charge in [0.05, 0.1) is 5.75 Å². The third-order valence-electron chi connectivity index (χ3n) is 4.12.